The fourth-order valence-electron chi connectivity index (χ4n) is 8.64. The minimum absolute atomic E-state index is 0.0243. The minimum Gasteiger partial charge on any atom is -0.295 e. The molecule has 4 aliphatic carbocycles. The SMILES string of the molecule is CC(C)CCC[C@@H](C)[C@H]1CC[C@H]2[C@@H]3CC(=O)C4=CC(N=O)CC[C@]4(C)[C@H]3CC[C@]12C. The van der Waals surface area contributed by atoms with Gasteiger partial charge in [-0.1, -0.05) is 59.1 Å². The van der Waals surface area contributed by atoms with E-state index in [1.54, 1.807) is 0 Å². The van der Waals surface area contributed by atoms with Crippen molar-refractivity contribution in [3.05, 3.63) is 16.6 Å². The van der Waals surface area contributed by atoms with Crippen LogP contribution in [-0.2, 0) is 4.79 Å². The first-order valence-corrected chi connectivity index (χ1v) is 12.8. The molecule has 4 rings (SSSR count). The van der Waals surface area contributed by atoms with E-state index in [1.165, 1.54) is 44.9 Å². The first-order chi connectivity index (χ1) is 14.2. The predicted octanol–water partition coefficient (Wildman–Crippen LogP) is 7.34. The molecular weight excluding hydrogens is 370 g/mol. The number of rotatable bonds is 6. The van der Waals surface area contributed by atoms with Gasteiger partial charge in [-0.2, -0.15) is 4.91 Å². The summed E-state index contributed by atoms with van der Waals surface area (Å²) in [6.45, 7) is 12.1. The zero-order valence-electron chi connectivity index (χ0n) is 20.0. The van der Waals surface area contributed by atoms with E-state index in [-0.39, 0.29) is 11.5 Å². The van der Waals surface area contributed by atoms with Gasteiger partial charge in [0.2, 0.25) is 0 Å². The number of hydrogen-bond donors (Lipinski definition) is 0. The van der Waals surface area contributed by atoms with Crippen molar-refractivity contribution < 1.29 is 4.79 Å². The quantitative estimate of drug-likeness (QED) is 0.428. The number of nitroso groups, excluding NO2 is 1. The molecule has 30 heavy (non-hydrogen) atoms. The van der Waals surface area contributed by atoms with Crippen LogP contribution in [0.2, 0.25) is 0 Å². The maximum Gasteiger partial charge on any atom is 0.159 e. The zero-order chi connectivity index (χ0) is 21.7. The van der Waals surface area contributed by atoms with Gasteiger partial charge >= 0.3 is 0 Å². The Balaban J connectivity index is 1.53. The van der Waals surface area contributed by atoms with Crippen molar-refractivity contribution in [1.82, 2.24) is 0 Å². The van der Waals surface area contributed by atoms with E-state index in [0.29, 0.717) is 35.4 Å². The molecule has 0 aromatic rings. The Morgan fingerprint density at radius 2 is 1.80 bits per heavy atom. The fraction of sp³-hybridized carbons (Fsp3) is 0.889. The van der Waals surface area contributed by atoms with E-state index in [4.69, 9.17) is 0 Å². The lowest BCUT2D eigenvalue weighted by Gasteiger charge is -2.58. The van der Waals surface area contributed by atoms with E-state index < -0.39 is 0 Å². The third kappa shape index (κ3) is 3.52. The average Bonchev–Trinajstić information content (AvgIpc) is 3.05. The second kappa shape index (κ2) is 8.17. The summed E-state index contributed by atoms with van der Waals surface area (Å²) in [4.78, 5) is 24.4. The molecule has 0 saturated heterocycles. The van der Waals surface area contributed by atoms with Gasteiger partial charge < -0.3 is 0 Å². The zero-order valence-corrected chi connectivity index (χ0v) is 20.0. The number of nitrogens with zero attached hydrogens (tertiary/aromatic N) is 1. The monoisotopic (exact) mass is 413 g/mol. The molecule has 3 nitrogen and oxygen atoms in total. The van der Waals surface area contributed by atoms with E-state index in [9.17, 15) is 9.70 Å². The van der Waals surface area contributed by atoms with Crippen molar-refractivity contribution >= 4 is 5.78 Å². The summed E-state index contributed by atoms with van der Waals surface area (Å²) in [6.07, 6.45) is 13.8. The summed E-state index contributed by atoms with van der Waals surface area (Å²) in [5, 5.41) is 3.26. The number of fused-ring (bicyclic) bond motifs is 5. The topological polar surface area (TPSA) is 46.5 Å². The lowest BCUT2D eigenvalue weighted by molar-refractivity contribution is -0.129. The molecule has 3 saturated carbocycles. The summed E-state index contributed by atoms with van der Waals surface area (Å²) in [5.74, 6) is 4.62. The second-order valence-corrected chi connectivity index (χ2v) is 12.2. The van der Waals surface area contributed by atoms with Gasteiger partial charge in [0, 0.05) is 6.42 Å². The Kier molecular flexibility index (Phi) is 6.05. The smallest absolute Gasteiger partial charge is 0.159 e. The van der Waals surface area contributed by atoms with Crippen molar-refractivity contribution in [2.75, 3.05) is 0 Å². The third-order valence-electron chi connectivity index (χ3n) is 10.2. The Hall–Kier alpha value is -0.990. The molecule has 0 heterocycles. The van der Waals surface area contributed by atoms with Gasteiger partial charge in [-0.3, -0.25) is 4.79 Å². The normalized spacial score (nSPS) is 44.1. The second-order valence-electron chi connectivity index (χ2n) is 12.2. The van der Waals surface area contributed by atoms with Crippen molar-refractivity contribution in [2.24, 2.45) is 51.5 Å². The molecule has 0 spiro atoms. The van der Waals surface area contributed by atoms with Crippen LogP contribution in [0.1, 0.15) is 98.8 Å². The summed E-state index contributed by atoms with van der Waals surface area (Å²) >= 11 is 0. The standard InChI is InChI=1S/C27H43NO2/c1-17(2)7-6-8-18(3)21-9-10-22-20-16-25(29)24-15-19(28-30)11-13-27(24,5)23(20)12-14-26(21,22)4/h15,17-23H,6-14,16H2,1-5H3/t18-,19?,20+,21-,22+,23+,26-,27-/m1/s1. The Labute approximate surface area is 183 Å². The van der Waals surface area contributed by atoms with Crippen LogP contribution < -0.4 is 0 Å². The molecule has 3 heteroatoms. The number of carbonyl (C=O) groups is 1. The number of hydrogen-bond acceptors (Lipinski definition) is 3. The first kappa shape index (κ1) is 22.2. The van der Waals surface area contributed by atoms with Crippen molar-refractivity contribution in [3.8, 4) is 0 Å². The van der Waals surface area contributed by atoms with Crippen LogP contribution in [0.4, 0.5) is 0 Å². The van der Waals surface area contributed by atoms with Gasteiger partial charge in [-0.05, 0) is 96.5 Å². The van der Waals surface area contributed by atoms with Gasteiger partial charge in [0.15, 0.2) is 5.78 Å². The summed E-state index contributed by atoms with van der Waals surface area (Å²) in [5.41, 5.74) is 1.35. The number of allylic oxidation sites excluding steroid dienone is 1. The van der Waals surface area contributed by atoms with E-state index in [2.05, 4.69) is 39.8 Å². The highest BCUT2D eigenvalue weighted by Crippen LogP contribution is 2.67. The highest BCUT2D eigenvalue weighted by molar-refractivity contribution is 5.98. The highest BCUT2D eigenvalue weighted by Gasteiger charge is 2.61. The molecule has 1 unspecified atom stereocenters. The molecule has 0 aliphatic heterocycles. The van der Waals surface area contributed by atoms with Crippen LogP contribution in [-0.4, -0.2) is 11.8 Å². The Bertz CT molecular complexity index is 712. The fourth-order valence-corrected chi connectivity index (χ4v) is 8.64. The molecular formula is C27H43NO2. The van der Waals surface area contributed by atoms with E-state index in [0.717, 1.165) is 36.2 Å². The first-order valence-electron chi connectivity index (χ1n) is 12.8. The van der Waals surface area contributed by atoms with Crippen molar-refractivity contribution in [1.29, 1.82) is 0 Å². The van der Waals surface area contributed by atoms with Crippen LogP contribution in [0.15, 0.2) is 16.8 Å². The largest absolute Gasteiger partial charge is 0.295 e. The number of Topliss-reactive ketones (excluding diaryl/α,β-unsaturated/α-hetero) is 1. The van der Waals surface area contributed by atoms with Crippen LogP contribution in [0.3, 0.4) is 0 Å². The summed E-state index contributed by atoms with van der Waals surface area (Å²) in [7, 11) is 0. The minimum atomic E-state index is -0.287. The maximum atomic E-state index is 13.3. The van der Waals surface area contributed by atoms with Crippen molar-refractivity contribution in [3.63, 3.8) is 0 Å². The van der Waals surface area contributed by atoms with Crippen molar-refractivity contribution in [2.45, 2.75) is 105 Å². The van der Waals surface area contributed by atoms with Crippen LogP contribution in [0.5, 0.6) is 0 Å². The lowest BCUT2D eigenvalue weighted by Crippen LogP contribution is -2.53. The molecule has 168 valence electrons. The van der Waals surface area contributed by atoms with Crippen LogP contribution >= 0.6 is 0 Å². The highest BCUT2D eigenvalue weighted by atomic mass is 16.3. The molecule has 0 aromatic heterocycles. The van der Waals surface area contributed by atoms with Gasteiger partial charge in [0.1, 0.15) is 6.04 Å². The molecule has 0 radical (unpaired) electrons. The maximum absolute atomic E-state index is 13.3. The third-order valence-corrected chi connectivity index (χ3v) is 10.2. The summed E-state index contributed by atoms with van der Waals surface area (Å²) in [6, 6.07) is -0.287. The predicted molar refractivity (Wildman–Crippen MR) is 123 cm³/mol. The average molecular weight is 414 g/mol. The number of carbonyl (C=O) groups excluding carboxylic acids is 1. The molecule has 4 aliphatic rings. The lowest BCUT2D eigenvalue weighted by atomic mass is 9.46. The number of ketones is 1. The van der Waals surface area contributed by atoms with Crippen LogP contribution in [0, 0.1) is 51.2 Å². The van der Waals surface area contributed by atoms with Gasteiger partial charge in [-0.25, -0.2) is 0 Å². The van der Waals surface area contributed by atoms with Gasteiger partial charge in [0.05, 0.1) is 0 Å². The Morgan fingerprint density at radius 3 is 2.50 bits per heavy atom. The van der Waals surface area contributed by atoms with Gasteiger partial charge in [-0.15, -0.1) is 0 Å². The van der Waals surface area contributed by atoms with Crippen LogP contribution in [0.25, 0.3) is 0 Å². The van der Waals surface area contributed by atoms with E-state index >= 15 is 0 Å². The molecule has 0 aromatic carbocycles. The van der Waals surface area contributed by atoms with Gasteiger partial charge in [0.25, 0.3) is 0 Å². The molecule has 0 bridgehead atoms. The Morgan fingerprint density at radius 1 is 1.03 bits per heavy atom. The summed E-state index contributed by atoms with van der Waals surface area (Å²) < 4.78 is 0. The van der Waals surface area contributed by atoms with E-state index in [1.807, 2.05) is 6.08 Å². The molecule has 0 amide bonds. The molecule has 0 N–H and O–H groups in total. The molecule has 3 fully saturated rings. The molecule has 8 atom stereocenters.